The molecule has 0 atom stereocenters. The first-order valence-electron chi connectivity index (χ1n) is 6.62. The minimum atomic E-state index is 0.567. The highest BCUT2D eigenvalue weighted by atomic mass is 16.5. The molecule has 0 saturated heterocycles. The van der Waals surface area contributed by atoms with E-state index in [1.54, 1.807) is 0 Å². The van der Waals surface area contributed by atoms with E-state index in [4.69, 9.17) is 4.74 Å². The summed E-state index contributed by atoms with van der Waals surface area (Å²) in [5.74, 6) is 1.40. The van der Waals surface area contributed by atoms with Gasteiger partial charge < -0.3 is 4.74 Å². The molecule has 1 heterocycles. The van der Waals surface area contributed by atoms with Gasteiger partial charge in [0.2, 0.25) is 5.88 Å². The van der Waals surface area contributed by atoms with Crippen molar-refractivity contribution in [2.75, 3.05) is 0 Å². The normalized spacial score (nSPS) is 10.8. The van der Waals surface area contributed by atoms with E-state index in [1.807, 2.05) is 43.3 Å². The maximum atomic E-state index is 5.96. The minimum absolute atomic E-state index is 0.567. The van der Waals surface area contributed by atoms with E-state index in [0.717, 1.165) is 28.0 Å². The highest BCUT2D eigenvalue weighted by Crippen LogP contribution is 2.28. The zero-order valence-corrected chi connectivity index (χ0v) is 11.8. The first-order valence-corrected chi connectivity index (χ1v) is 6.62. The number of aromatic nitrogens is 2. The summed E-state index contributed by atoms with van der Waals surface area (Å²) < 4.78 is 5.96. The van der Waals surface area contributed by atoms with E-state index in [-0.39, 0.29) is 0 Å². The molecule has 0 fully saturated rings. The Balaban J connectivity index is 2.06. The molecule has 0 aliphatic rings. The van der Waals surface area contributed by atoms with Crippen molar-refractivity contribution >= 4 is 11.0 Å². The van der Waals surface area contributed by atoms with E-state index < -0.39 is 0 Å². The van der Waals surface area contributed by atoms with Crippen molar-refractivity contribution in [2.45, 2.75) is 20.8 Å². The quantitative estimate of drug-likeness (QED) is 0.690. The highest BCUT2D eigenvalue weighted by molar-refractivity contribution is 5.74. The van der Waals surface area contributed by atoms with Crippen LogP contribution in [0.5, 0.6) is 11.6 Å². The second kappa shape index (κ2) is 4.93. The van der Waals surface area contributed by atoms with Crippen molar-refractivity contribution in [3.8, 4) is 11.6 Å². The van der Waals surface area contributed by atoms with Crippen LogP contribution in [-0.2, 0) is 0 Å². The smallest absolute Gasteiger partial charge is 0.241 e. The summed E-state index contributed by atoms with van der Waals surface area (Å²) in [5, 5.41) is 0. The lowest BCUT2D eigenvalue weighted by Crippen LogP contribution is -1.97. The van der Waals surface area contributed by atoms with Crippen molar-refractivity contribution in [1.82, 2.24) is 9.97 Å². The Bertz CT molecular complexity index is 781. The van der Waals surface area contributed by atoms with Crippen molar-refractivity contribution < 1.29 is 4.74 Å². The Hall–Kier alpha value is -2.42. The van der Waals surface area contributed by atoms with Crippen LogP contribution < -0.4 is 4.74 Å². The van der Waals surface area contributed by atoms with Gasteiger partial charge in [-0.3, -0.25) is 0 Å². The fourth-order valence-electron chi connectivity index (χ4n) is 2.11. The molecule has 0 N–H and O–H groups in total. The summed E-state index contributed by atoms with van der Waals surface area (Å²) in [4.78, 5) is 9.09. The minimum Gasteiger partial charge on any atom is -0.437 e. The highest BCUT2D eigenvalue weighted by Gasteiger charge is 2.09. The van der Waals surface area contributed by atoms with Crippen LogP contribution in [0.1, 0.15) is 16.8 Å². The Labute approximate surface area is 118 Å². The first-order chi connectivity index (χ1) is 9.65. The van der Waals surface area contributed by atoms with Gasteiger partial charge in [0.15, 0.2) is 0 Å². The fourth-order valence-corrected chi connectivity index (χ4v) is 2.11. The maximum Gasteiger partial charge on any atom is 0.241 e. The number of hydrogen-bond acceptors (Lipinski definition) is 3. The molecule has 20 heavy (non-hydrogen) atoms. The van der Waals surface area contributed by atoms with Crippen LogP contribution in [0.25, 0.3) is 11.0 Å². The van der Waals surface area contributed by atoms with Crippen molar-refractivity contribution in [1.29, 1.82) is 0 Å². The lowest BCUT2D eigenvalue weighted by Gasteiger charge is -2.11. The fraction of sp³-hybridized carbons (Fsp3) is 0.176. The molecule has 0 spiro atoms. The van der Waals surface area contributed by atoms with Gasteiger partial charge in [-0.15, -0.1) is 0 Å². The number of hydrogen-bond donors (Lipinski definition) is 0. The van der Waals surface area contributed by atoms with Crippen LogP contribution in [0.4, 0.5) is 0 Å². The van der Waals surface area contributed by atoms with E-state index in [2.05, 4.69) is 29.9 Å². The number of nitrogens with zero attached hydrogens (tertiary/aromatic N) is 2. The molecular formula is C17H16N2O. The van der Waals surface area contributed by atoms with E-state index >= 15 is 0 Å². The first kappa shape index (κ1) is 12.6. The SMILES string of the molecule is Cc1cccc(Oc2nc3ccccc3nc2C)c1C. The second-order valence-corrected chi connectivity index (χ2v) is 4.90. The molecule has 0 saturated carbocycles. The number of benzene rings is 2. The van der Waals surface area contributed by atoms with Crippen LogP contribution in [0.2, 0.25) is 0 Å². The van der Waals surface area contributed by atoms with Crippen LogP contribution in [-0.4, -0.2) is 9.97 Å². The third kappa shape index (κ3) is 2.23. The second-order valence-electron chi connectivity index (χ2n) is 4.90. The van der Waals surface area contributed by atoms with Gasteiger partial charge in [0.05, 0.1) is 11.0 Å². The molecule has 0 bridgehead atoms. The Morgan fingerprint density at radius 1 is 0.800 bits per heavy atom. The Morgan fingerprint density at radius 2 is 1.50 bits per heavy atom. The number of rotatable bonds is 2. The lowest BCUT2D eigenvalue weighted by atomic mass is 10.1. The average molecular weight is 264 g/mol. The predicted octanol–water partition coefficient (Wildman–Crippen LogP) is 4.35. The van der Waals surface area contributed by atoms with Crippen LogP contribution >= 0.6 is 0 Å². The van der Waals surface area contributed by atoms with Gasteiger partial charge in [0, 0.05) is 0 Å². The van der Waals surface area contributed by atoms with Crippen molar-refractivity contribution in [3.63, 3.8) is 0 Å². The molecule has 3 aromatic rings. The van der Waals surface area contributed by atoms with Crippen LogP contribution in [0.3, 0.4) is 0 Å². The molecule has 2 aromatic carbocycles. The molecule has 3 nitrogen and oxygen atoms in total. The summed E-state index contributed by atoms with van der Waals surface area (Å²) in [6, 6.07) is 13.8. The molecule has 1 aromatic heterocycles. The van der Waals surface area contributed by atoms with Gasteiger partial charge in [0.25, 0.3) is 0 Å². The summed E-state index contributed by atoms with van der Waals surface area (Å²) in [6.45, 7) is 6.04. The Kier molecular flexibility index (Phi) is 3.11. The largest absolute Gasteiger partial charge is 0.437 e. The summed E-state index contributed by atoms with van der Waals surface area (Å²) in [5.41, 5.74) is 4.86. The van der Waals surface area contributed by atoms with Gasteiger partial charge >= 0.3 is 0 Å². The molecule has 100 valence electrons. The van der Waals surface area contributed by atoms with E-state index in [9.17, 15) is 0 Å². The van der Waals surface area contributed by atoms with Crippen LogP contribution in [0, 0.1) is 20.8 Å². The molecule has 0 radical (unpaired) electrons. The summed E-state index contributed by atoms with van der Waals surface area (Å²) in [7, 11) is 0. The molecule has 0 aliphatic heterocycles. The third-order valence-electron chi connectivity index (χ3n) is 3.46. The number of aryl methyl sites for hydroxylation is 2. The van der Waals surface area contributed by atoms with Gasteiger partial charge in [-0.1, -0.05) is 24.3 Å². The third-order valence-corrected chi connectivity index (χ3v) is 3.46. The molecule has 0 aliphatic carbocycles. The molecular weight excluding hydrogens is 248 g/mol. The monoisotopic (exact) mass is 264 g/mol. The average Bonchev–Trinajstić information content (AvgIpc) is 2.44. The maximum absolute atomic E-state index is 5.96. The zero-order chi connectivity index (χ0) is 14.1. The molecule has 0 unspecified atom stereocenters. The number of para-hydroxylation sites is 2. The van der Waals surface area contributed by atoms with Gasteiger partial charge in [-0.05, 0) is 50.1 Å². The Morgan fingerprint density at radius 3 is 2.25 bits per heavy atom. The van der Waals surface area contributed by atoms with Crippen LogP contribution in [0.15, 0.2) is 42.5 Å². The van der Waals surface area contributed by atoms with E-state index in [1.165, 1.54) is 5.56 Å². The summed E-state index contributed by atoms with van der Waals surface area (Å²) in [6.07, 6.45) is 0. The zero-order valence-electron chi connectivity index (χ0n) is 11.8. The number of fused-ring (bicyclic) bond motifs is 1. The summed E-state index contributed by atoms with van der Waals surface area (Å²) >= 11 is 0. The molecule has 3 heteroatoms. The lowest BCUT2D eigenvalue weighted by molar-refractivity contribution is 0.454. The predicted molar refractivity (Wildman–Crippen MR) is 80.3 cm³/mol. The van der Waals surface area contributed by atoms with Crippen molar-refractivity contribution in [3.05, 3.63) is 59.3 Å². The standard InChI is InChI=1S/C17H16N2O/c1-11-7-6-10-16(12(11)2)20-17-13(3)18-14-8-4-5-9-15(14)19-17/h4-10H,1-3H3. The van der Waals surface area contributed by atoms with Gasteiger partial charge in [-0.25, -0.2) is 9.97 Å². The van der Waals surface area contributed by atoms with E-state index in [0.29, 0.717) is 5.88 Å². The molecule has 0 amide bonds. The molecule has 3 rings (SSSR count). The number of ether oxygens (including phenoxy) is 1. The topological polar surface area (TPSA) is 35.0 Å². The van der Waals surface area contributed by atoms with Crippen molar-refractivity contribution in [2.24, 2.45) is 0 Å². The van der Waals surface area contributed by atoms with Gasteiger partial charge in [-0.2, -0.15) is 0 Å². The van der Waals surface area contributed by atoms with Gasteiger partial charge in [0.1, 0.15) is 11.4 Å².